The zero-order chi connectivity index (χ0) is 14.1. The molecule has 0 atom stereocenters. The molecule has 2 aromatic carbocycles. The summed E-state index contributed by atoms with van der Waals surface area (Å²) in [6.07, 6.45) is 0. The average molecular weight is 271 g/mol. The van der Waals surface area contributed by atoms with Crippen LogP contribution in [-0.4, -0.2) is 18.0 Å². The van der Waals surface area contributed by atoms with E-state index >= 15 is 0 Å². The van der Waals surface area contributed by atoms with Gasteiger partial charge in [-0.2, -0.15) is 0 Å². The van der Waals surface area contributed by atoms with E-state index in [4.69, 9.17) is 4.65 Å². The molecule has 0 radical (unpaired) electrons. The van der Waals surface area contributed by atoms with Gasteiger partial charge < -0.3 is 15.0 Å². The fourth-order valence-corrected chi connectivity index (χ4v) is 2.14. The number of benzene rings is 2. The van der Waals surface area contributed by atoms with Crippen LogP contribution in [0.1, 0.15) is 15.9 Å². The summed E-state index contributed by atoms with van der Waals surface area (Å²) in [5.41, 5.74) is 1.96. The van der Waals surface area contributed by atoms with Crippen LogP contribution in [-0.2, 0) is 11.3 Å². The molecule has 3 rings (SSSR count). The first kappa shape index (κ1) is 12.8. The lowest BCUT2D eigenvalue weighted by Gasteiger charge is -2.07. The van der Waals surface area contributed by atoms with Gasteiger partial charge in [-0.25, -0.2) is 4.39 Å². The Labute approximate surface area is 115 Å². The molecule has 0 aromatic heterocycles. The molecule has 4 nitrogen and oxygen atoms in total. The minimum atomic E-state index is -0.977. The van der Waals surface area contributed by atoms with Crippen LogP contribution in [0, 0.1) is 5.82 Å². The molecule has 6 heteroatoms. The fourth-order valence-electron chi connectivity index (χ4n) is 2.14. The zero-order valence-electron chi connectivity index (χ0n) is 10.5. The lowest BCUT2D eigenvalue weighted by Crippen LogP contribution is -2.28. The lowest BCUT2D eigenvalue weighted by atomic mass is 9.79. The van der Waals surface area contributed by atoms with Crippen LogP contribution in [0.25, 0.3) is 0 Å². The molecule has 1 aliphatic rings. The molecule has 0 bridgehead atoms. The Bertz CT molecular complexity index is 677. The number of hydrogen-bond acceptors (Lipinski definition) is 3. The third-order valence-corrected chi connectivity index (χ3v) is 3.18. The van der Waals surface area contributed by atoms with Gasteiger partial charge in [0.1, 0.15) is 5.82 Å². The molecule has 0 spiro atoms. The summed E-state index contributed by atoms with van der Waals surface area (Å²) >= 11 is 0. The first-order valence-corrected chi connectivity index (χ1v) is 6.13. The van der Waals surface area contributed by atoms with Gasteiger partial charge in [0.15, 0.2) is 0 Å². The number of fused-ring (bicyclic) bond motifs is 1. The van der Waals surface area contributed by atoms with Gasteiger partial charge in [0.25, 0.3) is 5.91 Å². The van der Waals surface area contributed by atoms with Crippen molar-refractivity contribution in [1.29, 1.82) is 0 Å². The van der Waals surface area contributed by atoms with Crippen molar-refractivity contribution < 1.29 is 18.9 Å². The first-order chi connectivity index (χ1) is 9.65. The van der Waals surface area contributed by atoms with Crippen molar-refractivity contribution in [1.82, 2.24) is 0 Å². The maximum absolute atomic E-state index is 13.5. The number of hydrogen-bond donors (Lipinski definition) is 2. The molecule has 2 N–H and O–H groups in total. The Morgan fingerprint density at radius 2 is 2.10 bits per heavy atom. The van der Waals surface area contributed by atoms with Crippen molar-refractivity contribution >= 4 is 24.2 Å². The molecule has 100 valence electrons. The van der Waals surface area contributed by atoms with Gasteiger partial charge in [-0.15, -0.1) is 0 Å². The predicted molar refractivity (Wildman–Crippen MR) is 73.2 cm³/mol. The van der Waals surface area contributed by atoms with Crippen LogP contribution in [0.4, 0.5) is 10.1 Å². The van der Waals surface area contributed by atoms with Gasteiger partial charge in [0.2, 0.25) is 0 Å². The summed E-state index contributed by atoms with van der Waals surface area (Å²) in [5, 5.41) is 12.2. The average Bonchev–Trinajstić information content (AvgIpc) is 2.81. The first-order valence-electron chi connectivity index (χ1n) is 6.13. The van der Waals surface area contributed by atoms with E-state index in [-0.39, 0.29) is 5.56 Å². The molecule has 0 saturated heterocycles. The number of halogens is 1. The normalized spacial score (nSPS) is 13.2. The second kappa shape index (κ2) is 5.07. The summed E-state index contributed by atoms with van der Waals surface area (Å²) in [7, 11) is -0.977. The van der Waals surface area contributed by atoms with Gasteiger partial charge in [-0.1, -0.05) is 18.2 Å². The molecule has 20 heavy (non-hydrogen) atoms. The maximum Gasteiger partial charge on any atom is 0.491 e. The number of nitrogens with one attached hydrogen (secondary N) is 1. The summed E-state index contributed by atoms with van der Waals surface area (Å²) in [5.74, 6) is -1.11. The molecule has 0 unspecified atom stereocenters. The van der Waals surface area contributed by atoms with Gasteiger partial charge in [-0.05, 0) is 35.3 Å². The van der Waals surface area contributed by atoms with Crippen LogP contribution in [0.2, 0.25) is 0 Å². The van der Waals surface area contributed by atoms with Crippen molar-refractivity contribution in [2.75, 3.05) is 5.32 Å². The van der Waals surface area contributed by atoms with Gasteiger partial charge in [0.05, 0.1) is 12.2 Å². The summed E-state index contributed by atoms with van der Waals surface area (Å²) < 4.78 is 18.6. The van der Waals surface area contributed by atoms with E-state index in [0.717, 1.165) is 5.56 Å². The van der Waals surface area contributed by atoms with Crippen molar-refractivity contribution in [3.8, 4) is 0 Å². The largest absolute Gasteiger partial charge is 0.491 e. The molecule has 0 saturated carbocycles. The van der Waals surface area contributed by atoms with Gasteiger partial charge >= 0.3 is 7.12 Å². The highest BCUT2D eigenvalue weighted by Gasteiger charge is 2.27. The third kappa shape index (κ3) is 2.31. The highest BCUT2D eigenvalue weighted by atomic mass is 19.1. The van der Waals surface area contributed by atoms with E-state index in [1.54, 1.807) is 24.3 Å². The van der Waals surface area contributed by atoms with E-state index in [0.29, 0.717) is 17.8 Å². The number of carbonyl (C=O) groups excluding carboxylic acids is 1. The quantitative estimate of drug-likeness (QED) is 0.809. The summed E-state index contributed by atoms with van der Waals surface area (Å²) in [4.78, 5) is 12.0. The standard InChI is InChI=1S/C14H11BFNO3/c16-13-4-2-1-3-11(13)14(18)17-10-6-5-9-8-20-15(19)12(9)7-10/h1-7,19H,8H2,(H,17,18). The van der Waals surface area contributed by atoms with E-state index in [9.17, 15) is 14.2 Å². The number of amides is 1. The SMILES string of the molecule is O=C(Nc1ccc2c(c1)B(O)OC2)c1ccccc1F. The Hall–Kier alpha value is -2.18. The van der Waals surface area contributed by atoms with Crippen LogP contribution in [0.3, 0.4) is 0 Å². The fraction of sp³-hybridized carbons (Fsp3) is 0.0714. The Kier molecular flexibility index (Phi) is 3.26. The number of rotatable bonds is 2. The van der Waals surface area contributed by atoms with Gasteiger partial charge in [-0.3, -0.25) is 4.79 Å². The van der Waals surface area contributed by atoms with Crippen molar-refractivity contribution in [2.24, 2.45) is 0 Å². The number of anilines is 1. The van der Waals surface area contributed by atoms with Crippen LogP contribution in [0.5, 0.6) is 0 Å². The lowest BCUT2D eigenvalue weighted by molar-refractivity contribution is 0.102. The second-order valence-electron chi connectivity index (χ2n) is 4.51. The molecular weight excluding hydrogens is 260 g/mol. The molecule has 1 aliphatic heterocycles. The molecule has 1 amide bonds. The Morgan fingerprint density at radius 3 is 2.90 bits per heavy atom. The molecule has 1 heterocycles. The minimum absolute atomic E-state index is 0.0233. The van der Waals surface area contributed by atoms with Crippen LogP contribution in [0.15, 0.2) is 42.5 Å². The number of carbonyl (C=O) groups is 1. The topological polar surface area (TPSA) is 58.6 Å². The van der Waals surface area contributed by atoms with E-state index in [1.165, 1.54) is 18.2 Å². The zero-order valence-corrected chi connectivity index (χ0v) is 10.5. The van der Waals surface area contributed by atoms with Crippen LogP contribution >= 0.6 is 0 Å². The molecule has 2 aromatic rings. The Balaban J connectivity index is 1.84. The summed E-state index contributed by atoms with van der Waals surface area (Å²) in [6, 6.07) is 10.9. The van der Waals surface area contributed by atoms with Crippen molar-refractivity contribution in [3.63, 3.8) is 0 Å². The third-order valence-electron chi connectivity index (χ3n) is 3.18. The monoisotopic (exact) mass is 271 g/mol. The van der Waals surface area contributed by atoms with Crippen molar-refractivity contribution in [3.05, 3.63) is 59.4 Å². The van der Waals surface area contributed by atoms with Crippen LogP contribution < -0.4 is 10.8 Å². The van der Waals surface area contributed by atoms with E-state index in [1.807, 2.05) is 0 Å². The highest BCUT2D eigenvalue weighted by Crippen LogP contribution is 2.16. The van der Waals surface area contributed by atoms with Gasteiger partial charge in [0, 0.05) is 5.69 Å². The predicted octanol–water partition coefficient (Wildman–Crippen LogP) is 1.30. The second-order valence-corrected chi connectivity index (χ2v) is 4.51. The van der Waals surface area contributed by atoms with E-state index < -0.39 is 18.8 Å². The Morgan fingerprint density at radius 1 is 1.30 bits per heavy atom. The minimum Gasteiger partial charge on any atom is -0.423 e. The summed E-state index contributed by atoms with van der Waals surface area (Å²) in [6.45, 7) is 0.345. The molecule has 0 aliphatic carbocycles. The molecular formula is C14H11BFNO3. The molecule has 0 fully saturated rings. The smallest absolute Gasteiger partial charge is 0.423 e. The van der Waals surface area contributed by atoms with Crippen molar-refractivity contribution in [2.45, 2.75) is 6.61 Å². The maximum atomic E-state index is 13.5. The highest BCUT2D eigenvalue weighted by molar-refractivity contribution is 6.61. The van der Waals surface area contributed by atoms with E-state index in [2.05, 4.69) is 5.32 Å².